The SMILES string of the molecule is C=C1C(C(=O)Nc2ccc(Cc3ccnc4cc(OCCCN5CCCC5)c(OC)cc34)cn2)=CC2=C(CCCC2=O)N1c1ccccc1. The van der Waals surface area contributed by atoms with Gasteiger partial charge in [0, 0.05) is 53.8 Å². The highest BCUT2D eigenvalue weighted by atomic mass is 16.5. The number of amides is 1. The molecule has 2 aromatic heterocycles. The number of Topliss-reactive ketones (excluding diaryl/α,β-unsaturated/α-hetero) is 1. The largest absolute Gasteiger partial charge is 0.493 e. The zero-order valence-corrected chi connectivity index (χ0v) is 27.9. The molecule has 9 nitrogen and oxygen atoms in total. The summed E-state index contributed by atoms with van der Waals surface area (Å²) < 4.78 is 11.9. The standard InChI is InChI=1S/C40H41N5O4/c1-27-31(23-33-35(12-8-13-36(33)46)45(27)30-10-4-3-5-11-30)40(47)43-39-15-14-28(26-42-39)22-29-16-17-41-34-25-38(37(48-2)24-32(29)34)49-21-9-20-44-18-6-7-19-44/h3-5,10-11,14-17,23-26H,1,6-9,12-13,18-22H2,2H3,(H,42,43,47). The van der Waals surface area contributed by atoms with Gasteiger partial charge in [-0.3, -0.25) is 14.6 Å². The summed E-state index contributed by atoms with van der Waals surface area (Å²) in [6.45, 7) is 8.32. The van der Waals surface area contributed by atoms with Gasteiger partial charge >= 0.3 is 0 Å². The van der Waals surface area contributed by atoms with E-state index in [4.69, 9.17) is 9.47 Å². The molecule has 0 atom stereocenters. The summed E-state index contributed by atoms with van der Waals surface area (Å²) in [6.07, 6.45) is 11.4. The second kappa shape index (κ2) is 14.5. The lowest BCUT2D eigenvalue weighted by Crippen LogP contribution is -2.34. The Balaban J connectivity index is 1.04. The van der Waals surface area contributed by atoms with Crippen LogP contribution in [0.5, 0.6) is 11.5 Å². The topological polar surface area (TPSA) is 96.9 Å². The molecule has 49 heavy (non-hydrogen) atoms. The number of rotatable bonds is 11. The highest BCUT2D eigenvalue weighted by Crippen LogP contribution is 2.39. The maximum atomic E-state index is 13.6. The first-order valence-corrected chi connectivity index (χ1v) is 17.1. The molecule has 0 unspecified atom stereocenters. The second-order valence-corrected chi connectivity index (χ2v) is 12.7. The van der Waals surface area contributed by atoms with E-state index < -0.39 is 0 Å². The van der Waals surface area contributed by atoms with Gasteiger partial charge in [0.2, 0.25) is 0 Å². The van der Waals surface area contributed by atoms with Crippen LogP contribution in [0.15, 0.2) is 108 Å². The number of ketones is 1. The Morgan fingerprint density at radius 1 is 0.980 bits per heavy atom. The summed E-state index contributed by atoms with van der Waals surface area (Å²) in [4.78, 5) is 40.2. The first-order valence-electron chi connectivity index (χ1n) is 17.1. The molecule has 1 saturated heterocycles. The van der Waals surface area contributed by atoms with E-state index in [1.165, 1.54) is 25.9 Å². The van der Waals surface area contributed by atoms with Crippen molar-refractivity contribution >= 4 is 34.1 Å². The molecule has 1 aliphatic carbocycles. The molecule has 0 radical (unpaired) electrons. The zero-order chi connectivity index (χ0) is 33.7. The number of methoxy groups -OCH3 is 1. The van der Waals surface area contributed by atoms with E-state index in [1.807, 2.05) is 65.7 Å². The van der Waals surface area contributed by atoms with Crippen molar-refractivity contribution in [1.29, 1.82) is 0 Å². The molecule has 3 aliphatic rings. The number of ether oxygens (including phenoxy) is 2. The number of carbonyl (C=O) groups excluding carboxylic acids is 2. The smallest absolute Gasteiger partial charge is 0.258 e. The van der Waals surface area contributed by atoms with Crippen molar-refractivity contribution in [1.82, 2.24) is 14.9 Å². The van der Waals surface area contributed by atoms with Gasteiger partial charge in [-0.1, -0.05) is 30.8 Å². The molecular weight excluding hydrogens is 614 g/mol. The Bertz CT molecular complexity index is 1950. The number of pyridine rings is 2. The molecule has 2 aliphatic heterocycles. The number of benzene rings is 2. The van der Waals surface area contributed by atoms with Crippen LogP contribution >= 0.6 is 0 Å². The van der Waals surface area contributed by atoms with Crippen molar-refractivity contribution in [2.45, 2.75) is 44.9 Å². The quantitative estimate of drug-likeness (QED) is 0.173. The fourth-order valence-corrected chi connectivity index (χ4v) is 6.96. The highest BCUT2D eigenvalue weighted by molar-refractivity contribution is 6.11. The fourth-order valence-electron chi connectivity index (χ4n) is 6.96. The maximum absolute atomic E-state index is 13.6. The van der Waals surface area contributed by atoms with Crippen LogP contribution < -0.4 is 19.7 Å². The van der Waals surface area contributed by atoms with Gasteiger partial charge in [0.05, 0.1) is 30.5 Å². The minimum atomic E-state index is -0.364. The van der Waals surface area contributed by atoms with E-state index in [-0.39, 0.29) is 11.7 Å². The minimum absolute atomic E-state index is 0.0420. The number of carbonyl (C=O) groups is 2. The normalized spacial score (nSPS) is 16.5. The Morgan fingerprint density at radius 2 is 1.82 bits per heavy atom. The highest BCUT2D eigenvalue weighted by Gasteiger charge is 2.33. The third-order valence-electron chi connectivity index (χ3n) is 9.48. The number of nitrogens with zero attached hydrogens (tertiary/aromatic N) is 4. The number of hydrogen-bond acceptors (Lipinski definition) is 8. The molecule has 0 saturated carbocycles. The summed E-state index contributed by atoms with van der Waals surface area (Å²) in [5.41, 5.74) is 6.11. The van der Waals surface area contributed by atoms with Gasteiger partial charge in [-0.25, -0.2) is 4.98 Å². The molecule has 4 heterocycles. The van der Waals surface area contributed by atoms with Crippen molar-refractivity contribution in [2.24, 2.45) is 0 Å². The predicted octanol–water partition coefficient (Wildman–Crippen LogP) is 7.00. The number of anilines is 2. The summed E-state index contributed by atoms with van der Waals surface area (Å²) in [6, 6.07) is 19.4. The summed E-state index contributed by atoms with van der Waals surface area (Å²) >= 11 is 0. The molecular formula is C40H41N5O4. The molecule has 1 amide bonds. The average molecular weight is 656 g/mol. The van der Waals surface area contributed by atoms with Crippen LogP contribution in [0.25, 0.3) is 10.9 Å². The molecule has 250 valence electrons. The number of likely N-dealkylation sites (tertiary alicyclic amines) is 1. The maximum Gasteiger partial charge on any atom is 0.258 e. The monoisotopic (exact) mass is 655 g/mol. The molecule has 9 heteroatoms. The van der Waals surface area contributed by atoms with Gasteiger partial charge in [0.15, 0.2) is 17.3 Å². The Morgan fingerprint density at radius 3 is 2.59 bits per heavy atom. The van der Waals surface area contributed by atoms with Crippen molar-refractivity contribution in [3.05, 3.63) is 119 Å². The van der Waals surface area contributed by atoms with E-state index >= 15 is 0 Å². The van der Waals surface area contributed by atoms with Crippen molar-refractivity contribution in [3.8, 4) is 11.5 Å². The van der Waals surface area contributed by atoms with Gasteiger partial charge < -0.3 is 24.6 Å². The van der Waals surface area contributed by atoms with Crippen LogP contribution in [-0.4, -0.2) is 59.9 Å². The summed E-state index contributed by atoms with van der Waals surface area (Å²) in [7, 11) is 1.66. The van der Waals surface area contributed by atoms with E-state index in [1.54, 1.807) is 25.4 Å². The van der Waals surface area contributed by atoms with Gasteiger partial charge in [-0.05, 0) is 99.1 Å². The van der Waals surface area contributed by atoms with Gasteiger partial charge in [0.1, 0.15) is 5.82 Å². The average Bonchev–Trinajstić information content (AvgIpc) is 3.65. The molecule has 4 aromatic rings. The van der Waals surface area contributed by atoms with E-state index in [0.717, 1.165) is 59.2 Å². The third-order valence-corrected chi connectivity index (χ3v) is 9.48. The fraction of sp³-hybridized carbons (Fsp3) is 0.300. The van der Waals surface area contributed by atoms with Crippen LogP contribution in [0.2, 0.25) is 0 Å². The van der Waals surface area contributed by atoms with Gasteiger partial charge in [0.25, 0.3) is 5.91 Å². The van der Waals surface area contributed by atoms with E-state index in [9.17, 15) is 9.59 Å². The number of allylic oxidation sites excluding steroid dienone is 3. The third kappa shape index (κ3) is 6.98. The van der Waals surface area contributed by atoms with Crippen LogP contribution in [0.1, 0.15) is 49.7 Å². The lowest BCUT2D eigenvalue weighted by Gasteiger charge is -2.36. The molecule has 0 bridgehead atoms. The predicted molar refractivity (Wildman–Crippen MR) is 192 cm³/mol. The van der Waals surface area contributed by atoms with Crippen LogP contribution in [-0.2, 0) is 16.0 Å². The molecule has 7 rings (SSSR count). The van der Waals surface area contributed by atoms with Crippen LogP contribution in [0, 0.1) is 0 Å². The van der Waals surface area contributed by atoms with Gasteiger partial charge in [-0.2, -0.15) is 0 Å². The Hall–Kier alpha value is -5.28. The van der Waals surface area contributed by atoms with Crippen LogP contribution in [0.3, 0.4) is 0 Å². The van der Waals surface area contributed by atoms with Crippen molar-refractivity contribution in [2.75, 3.05) is 43.6 Å². The molecule has 2 aromatic carbocycles. The zero-order valence-electron chi connectivity index (χ0n) is 27.9. The second-order valence-electron chi connectivity index (χ2n) is 12.7. The van der Waals surface area contributed by atoms with E-state index in [2.05, 4.69) is 26.8 Å². The van der Waals surface area contributed by atoms with E-state index in [0.29, 0.717) is 53.6 Å². The number of nitrogens with one attached hydrogen (secondary N) is 1. The first kappa shape index (κ1) is 32.3. The lowest BCUT2D eigenvalue weighted by molar-refractivity contribution is -0.115. The lowest BCUT2D eigenvalue weighted by atomic mass is 9.88. The van der Waals surface area contributed by atoms with Crippen molar-refractivity contribution in [3.63, 3.8) is 0 Å². The minimum Gasteiger partial charge on any atom is -0.493 e. The molecule has 0 spiro atoms. The summed E-state index contributed by atoms with van der Waals surface area (Å²) in [5.74, 6) is 1.47. The van der Waals surface area contributed by atoms with Crippen molar-refractivity contribution < 1.29 is 19.1 Å². The Labute approximate surface area is 286 Å². The number of fused-ring (bicyclic) bond motifs is 1. The molecule has 1 fully saturated rings. The number of para-hydroxylation sites is 1. The molecule has 1 N–H and O–H groups in total. The summed E-state index contributed by atoms with van der Waals surface area (Å²) in [5, 5.41) is 3.90. The number of aromatic nitrogens is 2. The first-order chi connectivity index (χ1) is 24.0. The number of hydrogen-bond donors (Lipinski definition) is 1. The Kier molecular flexibility index (Phi) is 9.52. The van der Waals surface area contributed by atoms with Gasteiger partial charge in [-0.15, -0.1) is 0 Å². The van der Waals surface area contributed by atoms with Crippen LogP contribution in [0.4, 0.5) is 11.5 Å².